The average molecular weight is 296 g/mol. The molecule has 3 heteroatoms. The highest BCUT2D eigenvalue weighted by molar-refractivity contribution is 9.09. The molecule has 0 saturated heterocycles. The fourth-order valence-electron chi connectivity index (χ4n) is 2.46. The Kier molecular flexibility index (Phi) is 4.21. The molecular formula is C14H18BrNO. The summed E-state index contributed by atoms with van der Waals surface area (Å²) < 4.78 is 0. The van der Waals surface area contributed by atoms with Crippen molar-refractivity contribution in [1.82, 2.24) is 4.90 Å². The number of alkyl halides is 1. The summed E-state index contributed by atoms with van der Waals surface area (Å²) in [6.07, 6.45) is 2.93. The highest BCUT2D eigenvalue weighted by Crippen LogP contribution is 2.26. The Morgan fingerprint density at radius 3 is 2.82 bits per heavy atom. The molecule has 0 fully saturated rings. The molecule has 0 bridgehead atoms. The van der Waals surface area contributed by atoms with Gasteiger partial charge in [-0.2, -0.15) is 0 Å². The van der Waals surface area contributed by atoms with Crippen LogP contribution in [-0.2, 0) is 17.6 Å². The Morgan fingerprint density at radius 2 is 2.12 bits per heavy atom. The van der Waals surface area contributed by atoms with Gasteiger partial charge in [-0.15, -0.1) is 0 Å². The van der Waals surface area contributed by atoms with E-state index in [2.05, 4.69) is 40.2 Å². The molecule has 0 spiro atoms. The van der Waals surface area contributed by atoms with Crippen LogP contribution in [0.5, 0.6) is 0 Å². The van der Waals surface area contributed by atoms with Crippen LogP contribution in [-0.4, -0.2) is 29.7 Å². The van der Waals surface area contributed by atoms with Gasteiger partial charge in [0.25, 0.3) is 0 Å². The normalized spacial score (nSPS) is 18.6. The molecule has 0 saturated carbocycles. The third-order valence-corrected chi connectivity index (χ3v) is 3.85. The number of carbonyl (C=O) groups excluding carboxylic acids is 1. The van der Waals surface area contributed by atoms with Crippen LogP contribution in [0, 0.1) is 5.92 Å². The number of nitrogens with zero attached hydrogens (tertiary/aromatic N) is 1. The van der Waals surface area contributed by atoms with Gasteiger partial charge in [0, 0.05) is 24.8 Å². The van der Waals surface area contributed by atoms with Crippen LogP contribution in [0.1, 0.15) is 17.5 Å². The van der Waals surface area contributed by atoms with E-state index in [1.807, 2.05) is 11.9 Å². The monoisotopic (exact) mass is 295 g/mol. The lowest BCUT2D eigenvalue weighted by Gasteiger charge is -2.27. The zero-order valence-corrected chi connectivity index (χ0v) is 11.7. The molecular weight excluding hydrogens is 278 g/mol. The molecule has 0 N–H and O–H groups in total. The number of hydrogen-bond donors (Lipinski definition) is 0. The van der Waals surface area contributed by atoms with Gasteiger partial charge in [-0.25, -0.2) is 0 Å². The first-order valence-electron chi connectivity index (χ1n) is 6.10. The van der Waals surface area contributed by atoms with Gasteiger partial charge in [-0.1, -0.05) is 40.2 Å². The van der Waals surface area contributed by atoms with Crippen molar-refractivity contribution in [3.05, 3.63) is 35.4 Å². The summed E-state index contributed by atoms with van der Waals surface area (Å²) >= 11 is 3.37. The molecule has 1 atom stereocenters. The number of halogens is 1. The van der Waals surface area contributed by atoms with Crippen molar-refractivity contribution in [3.8, 4) is 0 Å². The minimum absolute atomic E-state index is 0.175. The first kappa shape index (κ1) is 12.6. The lowest BCUT2D eigenvalue weighted by Crippen LogP contribution is -2.36. The van der Waals surface area contributed by atoms with Crippen LogP contribution in [0.25, 0.3) is 0 Å². The molecule has 2 nitrogen and oxygen atoms in total. The summed E-state index contributed by atoms with van der Waals surface area (Å²) in [6, 6.07) is 8.48. The summed E-state index contributed by atoms with van der Waals surface area (Å²) in [6.45, 7) is 0.789. The van der Waals surface area contributed by atoms with Crippen molar-refractivity contribution in [1.29, 1.82) is 0 Å². The molecule has 1 amide bonds. The Bertz CT molecular complexity index is 405. The molecule has 0 aliphatic heterocycles. The molecule has 0 heterocycles. The van der Waals surface area contributed by atoms with Gasteiger partial charge in [0.15, 0.2) is 0 Å². The van der Waals surface area contributed by atoms with Crippen molar-refractivity contribution in [3.63, 3.8) is 0 Å². The third kappa shape index (κ3) is 2.89. The first-order chi connectivity index (χ1) is 8.22. The van der Waals surface area contributed by atoms with Crippen LogP contribution in [0.3, 0.4) is 0 Å². The quantitative estimate of drug-likeness (QED) is 0.785. The number of aryl methyl sites for hydroxylation is 1. The van der Waals surface area contributed by atoms with Gasteiger partial charge >= 0.3 is 0 Å². The number of benzene rings is 1. The van der Waals surface area contributed by atoms with Crippen molar-refractivity contribution in [2.45, 2.75) is 19.3 Å². The lowest BCUT2D eigenvalue weighted by molar-refractivity contribution is -0.134. The largest absolute Gasteiger partial charge is 0.345 e. The van der Waals surface area contributed by atoms with E-state index in [9.17, 15) is 4.79 Å². The van der Waals surface area contributed by atoms with E-state index >= 15 is 0 Å². The molecule has 1 aliphatic rings. The minimum atomic E-state index is 0.175. The molecule has 1 unspecified atom stereocenters. The van der Waals surface area contributed by atoms with Crippen LogP contribution < -0.4 is 0 Å². The molecule has 0 radical (unpaired) electrons. The fraction of sp³-hybridized carbons (Fsp3) is 0.500. The summed E-state index contributed by atoms with van der Waals surface area (Å²) in [5, 5.41) is 0.846. The Hall–Kier alpha value is -0.830. The Labute approximate surface area is 111 Å². The zero-order valence-electron chi connectivity index (χ0n) is 10.2. The SMILES string of the molecule is CN(CCBr)C(=O)C1CCc2ccccc2C1. The zero-order chi connectivity index (χ0) is 12.3. The number of fused-ring (bicyclic) bond motifs is 1. The van der Waals surface area contributed by atoms with Crippen molar-refractivity contribution in [2.24, 2.45) is 5.92 Å². The van der Waals surface area contributed by atoms with Gasteiger partial charge in [0.05, 0.1) is 0 Å². The van der Waals surface area contributed by atoms with Crippen molar-refractivity contribution >= 4 is 21.8 Å². The molecule has 92 valence electrons. The van der Waals surface area contributed by atoms with Gasteiger partial charge in [-0.3, -0.25) is 4.79 Å². The van der Waals surface area contributed by atoms with Gasteiger partial charge in [-0.05, 0) is 30.4 Å². The van der Waals surface area contributed by atoms with E-state index in [0.717, 1.165) is 31.1 Å². The average Bonchev–Trinajstić information content (AvgIpc) is 2.37. The summed E-state index contributed by atoms with van der Waals surface area (Å²) in [4.78, 5) is 14.0. The minimum Gasteiger partial charge on any atom is -0.345 e. The van der Waals surface area contributed by atoms with Crippen LogP contribution in [0.15, 0.2) is 24.3 Å². The number of hydrogen-bond acceptors (Lipinski definition) is 1. The Balaban J connectivity index is 2.05. The summed E-state index contributed by atoms with van der Waals surface area (Å²) in [5.41, 5.74) is 2.77. The van der Waals surface area contributed by atoms with E-state index < -0.39 is 0 Å². The predicted molar refractivity (Wildman–Crippen MR) is 73.4 cm³/mol. The van der Waals surface area contributed by atoms with E-state index in [1.54, 1.807) is 0 Å². The Morgan fingerprint density at radius 1 is 1.41 bits per heavy atom. The second-order valence-electron chi connectivity index (χ2n) is 4.66. The van der Waals surface area contributed by atoms with E-state index in [-0.39, 0.29) is 5.92 Å². The van der Waals surface area contributed by atoms with Gasteiger partial charge in [0.2, 0.25) is 5.91 Å². The maximum Gasteiger partial charge on any atom is 0.225 e. The van der Waals surface area contributed by atoms with Crippen LogP contribution in [0.2, 0.25) is 0 Å². The fourth-order valence-corrected chi connectivity index (χ4v) is 2.99. The van der Waals surface area contributed by atoms with E-state index in [4.69, 9.17) is 0 Å². The lowest BCUT2D eigenvalue weighted by atomic mass is 9.83. The van der Waals surface area contributed by atoms with E-state index in [1.165, 1.54) is 11.1 Å². The van der Waals surface area contributed by atoms with Gasteiger partial charge in [0.1, 0.15) is 0 Å². The highest BCUT2D eigenvalue weighted by Gasteiger charge is 2.26. The van der Waals surface area contributed by atoms with E-state index in [0.29, 0.717) is 5.91 Å². The number of carbonyl (C=O) groups is 1. The second-order valence-corrected chi connectivity index (χ2v) is 5.45. The molecule has 2 rings (SSSR count). The third-order valence-electron chi connectivity index (χ3n) is 3.49. The predicted octanol–water partition coefficient (Wildman–Crippen LogP) is 2.64. The second kappa shape index (κ2) is 5.67. The highest BCUT2D eigenvalue weighted by atomic mass is 79.9. The molecule has 17 heavy (non-hydrogen) atoms. The maximum atomic E-state index is 12.2. The van der Waals surface area contributed by atoms with Gasteiger partial charge < -0.3 is 4.90 Å². The topological polar surface area (TPSA) is 20.3 Å². The maximum absolute atomic E-state index is 12.2. The van der Waals surface area contributed by atoms with Crippen molar-refractivity contribution < 1.29 is 4.79 Å². The molecule has 1 aromatic carbocycles. The number of rotatable bonds is 3. The van der Waals surface area contributed by atoms with Crippen molar-refractivity contribution in [2.75, 3.05) is 18.9 Å². The summed E-state index contributed by atoms with van der Waals surface area (Å²) in [7, 11) is 1.89. The smallest absolute Gasteiger partial charge is 0.225 e. The standard InChI is InChI=1S/C14H18BrNO/c1-16(9-8-15)14(17)13-7-6-11-4-2-3-5-12(11)10-13/h2-5,13H,6-10H2,1H3. The molecule has 0 aromatic heterocycles. The first-order valence-corrected chi connectivity index (χ1v) is 7.22. The van der Waals surface area contributed by atoms with Crippen LogP contribution >= 0.6 is 15.9 Å². The molecule has 1 aliphatic carbocycles. The van der Waals surface area contributed by atoms with Crippen LogP contribution in [0.4, 0.5) is 0 Å². The summed E-state index contributed by atoms with van der Waals surface area (Å²) in [5.74, 6) is 0.466. The molecule has 1 aromatic rings. The number of amides is 1.